The van der Waals surface area contributed by atoms with Crippen LogP contribution in [0.2, 0.25) is 0 Å². The van der Waals surface area contributed by atoms with Crippen molar-refractivity contribution < 1.29 is 99.6 Å². The second-order valence-corrected chi connectivity index (χ2v) is 23.3. The highest BCUT2D eigenvalue weighted by molar-refractivity contribution is 5.88. The van der Waals surface area contributed by atoms with Gasteiger partial charge in [0.2, 0.25) is 0 Å². The Morgan fingerprint density at radius 1 is 0.750 bits per heavy atom. The SMILES string of the molecule is C[C@@H]1O[C@@H](O[C@H]2[C@H](O)[C@@H](O)[C@H](O[C@H]3CC[C@@H]4C(=CC[C@@H]5[C@@]4(C)C(=O)C[C@]4(C)[C@@H]([C@@](C)(O)C(O)CCC(C)(C)O)[C@H](O)C[C@@]54C)C3(C)C)O[C@@H]2CO[C@@H]2O[C@H](CO)[C@@H](O)[C@H](O)[C@H]2O)[C@H](O)[C@H](O)[C@H]1O. The van der Waals surface area contributed by atoms with Crippen molar-refractivity contribution in [2.45, 2.75) is 229 Å². The topological polar surface area (TPSA) is 335 Å². The van der Waals surface area contributed by atoms with E-state index in [2.05, 4.69) is 13.0 Å². The Balaban J connectivity index is 1.12. The molecule has 13 N–H and O–H groups in total. The number of aliphatic hydroxyl groups is 13. The third-order valence-corrected chi connectivity index (χ3v) is 18.2. The van der Waals surface area contributed by atoms with Gasteiger partial charge in [0.15, 0.2) is 18.9 Å². The Morgan fingerprint density at radius 2 is 1.34 bits per heavy atom. The summed E-state index contributed by atoms with van der Waals surface area (Å²) in [6.45, 7) is 14.9. The monoisotopic (exact) mass is 977 g/mol. The number of ether oxygens (including phenoxy) is 6. The minimum atomic E-state index is -1.83. The maximum absolute atomic E-state index is 15.0. The smallest absolute Gasteiger partial charge is 0.187 e. The molecular weight excluding hydrogens is 897 g/mol. The van der Waals surface area contributed by atoms with Crippen LogP contribution in [0, 0.1) is 39.4 Å². The number of ketones is 1. The van der Waals surface area contributed by atoms with E-state index in [0.29, 0.717) is 25.7 Å². The molecule has 25 atom stereocenters. The summed E-state index contributed by atoms with van der Waals surface area (Å²) in [6.07, 6.45) is -22.8. The first-order chi connectivity index (χ1) is 31.4. The first-order valence-electron chi connectivity index (χ1n) is 24.4. The fourth-order valence-corrected chi connectivity index (χ4v) is 13.9. The Kier molecular flexibility index (Phi) is 15.3. The van der Waals surface area contributed by atoms with Crippen molar-refractivity contribution in [3.05, 3.63) is 11.6 Å². The molecule has 1 unspecified atom stereocenters. The van der Waals surface area contributed by atoms with E-state index in [1.54, 1.807) is 13.8 Å². The summed E-state index contributed by atoms with van der Waals surface area (Å²) < 4.78 is 35.8. The van der Waals surface area contributed by atoms with Gasteiger partial charge in [-0.1, -0.05) is 46.3 Å². The van der Waals surface area contributed by atoms with Crippen molar-refractivity contribution in [2.24, 2.45) is 39.4 Å². The number of fused-ring (bicyclic) bond motifs is 5. The second-order valence-electron chi connectivity index (χ2n) is 23.3. The molecule has 20 heteroatoms. The van der Waals surface area contributed by atoms with Crippen LogP contribution in [0.1, 0.15) is 107 Å². The van der Waals surface area contributed by atoms with Crippen LogP contribution < -0.4 is 0 Å². The summed E-state index contributed by atoms with van der Waals surface area (Å²) in [4.78, 5) is 15.0. The number of carbonyl (C=O) groups is 1. The van der Waals surface area contributed by atoms with Crippen LogP contribution in [0.15, 0.2) is 11.6 Å². The van der Waals surface area contributed by atoms with Gasteiger partial charge in [0.1, 0.15) is 72.9 Å². The molecule has 0 aromatic heterocycles. The summed E-state index contributed by atoms with van der Waals surface area (Å²) >= 11 is 0. The standard InChI is InChI=1S/C48H80O20/c1-20-30(53)32(55)36(59)41(64-20)68-38-25(19-63-40-35(58)33(56)31(54)24(18-49)65-40)66-42(37(60)34(38)57)67-29-13-11-22-21(44(29,4)5)10-12-26-45(6)16-23(50)39(46(45,7)17-28(52)47(22,26)8)48(9,62)27(51)14-15-43(2,3)61/h10,20,22-27,29-42,49-51,53-62H,11-19H2,1-9H3/t20-,22+,23+,24+,25+,26-,27?,29-,30-,31+,32+,33-,34+,35+,36+,37+,38+,39-,40+,41-,42-,45-,46+,47-,48-/m0/s1. The lowest BCUT2D eigenvalue weighted by molar-refractivity contribution is -0.371. The third-order valence-electron chi connectivity index (χ3n) is 18.2. The van der Waals surface area contributed by atoms with E-state index in [4.69, 9.17) is 28.4 Å². The zero-order chi connectivity index (χ0) is 50.6. The van der Waals surface area contributed by atoms with Crippen LogP contribution in [0.3, 0.4) is 0 Å². The summed E-state index contributed by atoms with van der Waals surface area (Å²) in [5, 5.41) is 142. The molecule has 0 radical (unpaired) electrons. The summed E-state index contributed by atoms with van der Waals surface area (Å²) in [5.41, 5.74) is -5.11. The molecule has 0 aromatic rings. The minimum absolute atomic E-state index is 0.0000496. The molecule has 392 valence electrons. The molecule has 68 heavy (non-hydrogen) atoms. The van der Waals surface area contributed by atoms with Crippen molar-refractivity contribution in [2.75, 3.05) is 13.2 Å². The molecule has 0 aromatic carbocycles. The molecule has 20 nitrogen and oxygen atoms in total. The average Bonchev–Trinajstić information content (AvgIpc) is 3.47. The highest BCUT2D eigenvalue weighted by Crippen LogP contribution is 2.74. The van der Waals surface area contributed by atoms with Gasteiger partial charge >= 0.3 is 0 Å². The zero-order valence-corrected chi connectivity index (χ0v) is 40.7. The molecule has 7 rings (SSSR count). The predicted molar refractivity (Wildman–Crippen MR) is 235 cm³/mol. The van der Waals surface area contributed by atoms with Gasteiger partial charge in [0, 0.05) is 23.2 Å². The highest BCUT2D eigenvalue weighted by atomic mass is 16.8. The molecule has 3 aliphatic heterocycles. The summed E-state index contributed by atoms with van der Waals surface area (Å²) in [6, 6.07) is 0. The fourth-order valence-electron chi connectivity index (χ4n) is 13.9. The van der Waals surface area contributed by atoms with Crippen molar-refractivity contribution in [1.82, 2.24) is 0 Å². The summed E-state index contributed by atoms with van der Waals surface area (Å²) in [7, 11) is 0. The zero-order valence-electron chi connectivity index (χ0n) is 40.7. The first-order valence-corrected chi connectivity index (χ1v) is 24.4. The van der Waals surface area contributed by atoms with Gasteiger partial charge in [0.05, 0.1) is 48.8 Å². The molecule has 6 fully saturated rings. The van der Waals surface area contributed by atoms with Gasteiger partial charge in [-0.05, 0) is 88.9 Å². The highest BCUT2D eigenvalue weighted by Gasteiger charge is 2.74. The van der Waals surface area contributed by atoms with E-state index in [1.807, 2.05) is 27.7 Å². The van der Waals surface area contributed by atoms with Crippen LogP contribution >= 0.6 is 0 Å². The third kappa shape index (κ3) is 8.99. The van der Waals surface area contributed by atoms with Gasteiger partial charge in [0.25, 0.3) is 0 Å². The minimum Gasteiger partial charge on any atom is -0.394 e. The van der Waals surface area contributed by atoms with Crippen molar-refractivity contribution in [3.8, 4) is 0 Å². The maximum Gasteiger partial charge on any atom is 0.187 e. The van der Waals surface area contributed by atoms with E-state index >= 15 is 4.79 Å². The molecule has 0 amide bonds. The van der Waals surface area contributed by atoms with E-state index < -0.39 is 162 Å². The molecule has 3 saturated heterocycles. The van der Waals surface area contributed by atoms with E-state index in [1.165, 1.54) is 13.8 Å². The van der Waals surface area contributed by atoms with Crippen molar-refractivity contribution in [3.63, 3.8) is 0 Å². The van der Waals surface area contributed by atoms with Crippen molar-refractivity contribution >= 4 is 5.78 Å². The Morgan fingerprint density at radius 3 is 1.97 bits per heavy atom. The number of hydrogen-bond donors (Lipinski definition) is 13. The van der Waals surface area contributed by atoms with Crippen LogP contribution in [0.5, 0.6) is 0 Å². The van der Waals surface area contributed by atoms with Gasteiger partial charge in [-0.2, -0.15) is 0 Å². The summed E-state index contributed by atoms with van der Waals surface area (Å²) in [5.74, 6) is -1.34. The largest absolute Gasteiger partial charge is 0.394 e. The average molecular weight is 977 g/mol. The lowest BCUT2D eigenvalue weighted by atomic mass is 9.38. The second kappa shape index (κ2) is 19.2. The Hall–Kier alpha value is -1.35. The lowest BCUT2D eigenvalue weighted by Crippen LogP contribution is -2.66. The van der Waals surface area contributed by atoms with E-state index in [0.717, 1.165) is 5.57 Å². The molecule has 7 aliphatic rings. The Labute approximate surface area is 397 Å². The number of hydrogen-bond acceptors (Lipinski definition) is 20. The normalized spacial score (nSPS) is 50.9. The van der Waals surface area contributed by atoms with Crippen LogP contribution in [-0.2, 0) is 33.2 Å². The fraction of sp³-hybridized carbons (Fsp3) is 0.938. The maximum atomic E-state index is 15.0. The quantitative estimate of drug-likeness (QED) is 0.0912. The molecule has 0 bridgehead atoms. The number of allylic oxidation sites excluding steroid dienone is 1. The Bertz CT molecular complexity index is 1820. The van der Waals surface area contributed by atoms with Gasteiger partial charge < -0.3 is 94.8 Å². The lowest BCUT2D eigenvalue weighted by Gasteiger charge is -2.65. The molecular formula is C48H80O20. The van der Waals surface area contributed by atoms with Gasteiger partial charge in [-0.25, -0.2) is 0 Å². The number of aliphatic hydroxyl groups excluding tert-OH is 11. The van der Waals surface area contributed by atoms with Crippen molar-refractivity contribution in [1.29, 1.82) is 0 Å². The predicted octanol–water partition coefficient (Wildman–Crippen LogP) is -1.73. The van der Waals surface area contributed by atoms with Crippen LogP contribution in [0.4, 0.5) is 0 Å². The van der Waals surface area contributed by atoms with Crippen LogP contribution in [0.25, 0.3) is 0 Å². The first kappa shape index (κ1) is 54.4. The van der Waals surface area contributed by atoms with Crippen LogP contribution in [-0.4, -0.2) is 207 Å². The molecule has 0 spiro atoms. The van der Waals surface area contributed by atoms with Gasteiger partial charge in [-0.3, -0.25) is 4.79 Å². The van der Waals surface area contributed by atoms with E-state index in [9.17, 15) is 66.4 Å². The van der Waals surface area contributed by atoms with Gasteiger partial charge in [-0.15, -0.1) is 0 Å². The molecule has 4 aliphatic carbocycles. The number of Topliss-reactive ketones (excluding diaryl/α,β-unsaturated/α-hetero) is 1. The molecule has 3 saturated carbocycles. The van der Waals surface area contributed by atoms with E-state index in [-0.39, 0.29) is 36.9 Å². The number of carbonyl (C=O) groups excluding carboxylic acids is 1. The number of rotatable bonds is 13. The molecule has 3 heterocycles.